The fraction of sp³-hybridized carbons (Fsp3) is 0.900. The molecule has 0 aliphatic carbocycles. The first kappa shape index (κ1) is 11.0. The van der Waals surface area contributed by atoms with Crippen LogP contribution in [0.25, 0.3) is 0 Å². The van der Waals surface area contributed by atoms with E-state index in [1.165, 1.54) is 19.3 Å². The summed E-state index contributed by atoms with van der Waals surface area (Å²) in [7, 11) is 0. The molecule has 0 aromatic heterocycles. The highest BCUT2D eigenvalue weighted by Gasteiger charge is 2.14. The molecular formula is C10H18BrNO. The second-order valence-electron chi connectivity index (χ2n) is 3.59. The van der Waals surface area contributed by atoms with Crippen LogP contribution in [0.3, 0.4) is 0 Å². The number of halogens is 1. The van der Waals surface area contributed by atoms with E-state index < -0.39 is 0 Å². The average Bonchev–Trinajstić information content (AvgIpc) is 2.11. The predicted octanol–water partition coefficient (Wildman–Crippen LogP) is 2.56. The smallest absolute Gasteiger partial charge is 0.222 e. The van der Waals surface area contributed by atoms with Gasteiger partial charge in [-0.05, 0) is 19.3 Å². The Morgan fingerprint density at radius 2 is 2.00 bits per heavy atom. The Hall–Kier alpha value is -0.0500. The van der Waals surface area contributed by atoms with Crippen LogP contribution in [0.5, 0.6) is 0 Å². The zero-order chi connectivity index (χ0) is 9.52. The molecule has 3 heteroatoms. The zero-order valence-corrected chi connectivity index (χ0v) is 9.68. The molecule has 0 saturated carbocycles. The van der Waals surface area contributed by atoms with Crippen molar-refractivity contribution in [3.63, 3.8) is 0 Å². The number of amides is 1. The molecule has 1 fully saturated rings. The number of carbonyl (C=O) groups is 1. The highest BCUT2D eigenvalue weighted by atomic mass is 79.9. The van der Waals surface area contributed by atoms with Gasteiger partial charge in [-0.3, -0.25) is 4.79 Å². The molecule has 2 nitrogen and oxygen atoms in total. The summed E-state index contributed by atoms with van der Waals surface area (Å²) in [5.74, 6) is 0.362. The predicted molar refractivity (Wildman–Crippen MR) is 58.1 cm³/mol. The third kappa shape index (κ3) is 4.12. The van der Waals surface area contributed by atoms with Crippen molar-refractivity contribution in [1.82, 2.24) is 4.90 Å². The van der Waals surface area contributed by atoms with Gasteiger partial charge in [0.15, 0.2) is 0 Å². The number of likely N-dealkylation sites (tertiary alicyclic amines) is 1. The lowest BCUT2D eigenvalue weighted by atomic mass is 10.1. The second-order valence-corrected chi connectivity index (χ2v) is 4.38. The van der Waals surface area contributed by atoms with Gasteiger partial charge in [-0.25, -0.2) is 0 Å². The highest BCUT2D eigenvalue weighted by molar-refractivity contribution is 9.09. The molecule has 1 amide bonds. The molecule has 76 valence electrons. The number of alkyl halides is 1. The first-order valence-electron chi connectivity index (χ1n) is 5.18. The SMILES string of the molecule is O=C1CCCCCCN1CCCBr. The van der Waals surface area contributed by atoms with Gasteiger partial charge < -0.3 is 4.90 Å². The van der Waals surface area contributed by atoms with E-state index in [1.807, 2.05) is 4.90 Å². The highest BCUT2D eigenvalue weighted by Crippen LogP contribution is 2.11. The standard InChI is InChI=1S/C10H18BrNO/c11-7-5-9-12-8-4-2-1-3-6-10(12)13/h1-9H2. The summed E-state index contributed by atoms with van der Waals surface area (Å²) in [5, 5.41) is 0.997. The van der Waals surface area contributed by atoms with Crippen molar-refractivity contribution in [2.45, 2.75) is 38.5 Å². The number of carbonyl (C=O) groups excluding carboxylic acids is 1. The Kier molecular flexibility index (Phi) is 5.44. The summed E-state index contributed by atoms with van der Waals surface area (Å²) in [6, 6.07) is 0. The van der Waals surface area contributed by atoms with E-state index in [0.29, 0.717) is 5.91 Å². The van der Waals surface area contributed by atoms with Crippen molar-refractivity contribution in [3.05, 3.63) is 0 Å². The molecule has 0 aromatic rings. The maximum atomic E-state index is 11.6. The van der Waals surface area contributed by atoms with E-state index in [-0.39, 0.29) is 0 Å². The number of nitrogens with zero attached hydrogens (tertiary/aromatic N) is 1. The Morgan fingerprint density at radius 1 is 1.23 bits per heavy atom. The first-order chi connectivity index (χ1) is 6.34. The number of rotatable bonds is 3. The summed E-state index contributed by atoms with van der Waals surface area (Å²) >= 11 is 3.39. The second kappa shape index (κ2) is 6.41. The fourth-order valence-electron chi connectivity index (χ4n) is 1.70. The molecule has 1 rings (SSSR count). The number of hydrogen-bond donors (Lipinski definition) is 0. The van der Waals surface area contributed by atoms with Crippen molar-refractivity contribution in [1.29, 1.82) is 0 Å². The van der Waals surface area contributed by atoms with Gasteiger partial charge >= 0.3 is 0 Å². The minimum Gasteiger partial charge on any atom is -0.343 e. The molecule has 0 N–H and O–H groups in total. The molecule has 0 aromatic carbocycles. The van der Waals surface area contributed by atoms with Crippen LogP contribution < -0.4 is 0 Å². The summed E-state index contributed by atoms with van der Waals surface area (Å²) in [6.07, 6.45) is 6.64. The molecule has 1 aliphatic rings. The molecule has 0 unspecified atom stereocenters. The Labute approximate surface area is 88.8 Å². The lowest BCUT2D eigenvalue weighted by molar-refractivity contribution is -0.131. The third-order valence-corrected chi connectivity index (χ3v) is 3.04. The van der Waals surface area contributed by atoms with Gasteiger partial charge in [0, 0.05) is 24.8 Å². The zero-order valence-electron chi connectivity index (χ0n) is 8.10. The van der Waals surface area contributed by atoms with E-state index >= 15 is 0 Å². The van der Waals surface area contributed by atoms with Gasteiger partial charge in [0.25, 0.3) is 0 Å². The minimum absolute atomic E-state index is 0.362. The normalized spacial score (nSPS) is 19.8. The lowest BCUT2D eigenvalue weighted by Crippen LogP contribution is -2.33. The molecule has 0 bridgehead atoms. The topological polar surface area (TPSA) is 20.3 Å². The van der Waals surface area contributed by atoms with E-state index in [2.05, 4.69) is 15.9 Å². The van der Waals surface area contributed by atoms with E-state index in [1.54, 1.807) is 0 Å². The minimum atomic E-state index is 0.362. The van der Waals surface area contributed by atoms with E-state index in [9.17, 15) is 4.79 Å². The fourth-order valence-corrected chi connectivity index (χ4v) is 1.95. The van der Waals surface area contributed by atoms with Crippen LogP contribution in [0.4, 0.5) is 0 Å². The van der Waals surface area contributed by atoms with Crippen molar-refractivity contribution < 1.29 is 4.79 Å². The van der Waals surface area contributed by atoms with E-state index in [0.717, 1.165) is 37.7 Å². The van der Waals surface area contributed by atoms with Crippen LogP contribution in [0.2, 0.25) is 0 Å². The van der Waals surface area contributed by atoms with Crippen LogP contribution in [-0.4, -0.2) is 29.2 Å². The maximum absolute atomic E-state index is 11.6. The molecule has 1 heterocycles. The van der Waals surface area contributed by atoms with Crippen molar-refractivity contribution >= 4 is 21.8 Å². The van der Waals surface area contributed by atoms with Crippen LogP contribution >= 0.6 is 15.9 Å². The van der Waals surface area contributed by atoms with Crippen molar-refractivity contribution in [3.8, 4) is 0 Å². The molecule has 1 aliphatic heterocycles. The Balaban J connectivity index is 2.32. The summed E-state index contributed by atoms with van der Waals surface area (Å²) in [5.41, 5.74) is 0. The maximum Gasteiger partial charge on any atom is 0.222 e. The summed E-state index contributed by atoms with van der Waals surface area (Å²) in [6.45, 7) is 1.91. The lowest BCUT2D eigenvalue weighted by Gasteiger charge is -2.24. The molecule has 0 atom stereocenters. The van der Waals surface area contributed by atoms with Gasteiger partial charge in [0.1, 0.15) is 0 Å². The van der Waals surface area contributed by atoms with Gasteiger partial charge in [0.05, 0.1) is 0 Å². The van der Waals surface area contributed by atoms with Crippen LogP contribution in [0.1, 0.15) is 38.5 Å². The van der Waals surface area contributed by atoms with Gasteiger partial charge in [0.2, 0.25) is 5.91 Å². The Morgan fingerprint density at radius 3 is 2.77 bits per heavy atom. The molecule has 0 radical (unpaired) electrons. The van der Waals surface area contributed by atoms with Crippen molar-refractivity contribution in [2.75, 3.05) is 18.4 Å². The van der Waals surface area contributed by atoms with Crippen LogP contribution in [0.15, 0.2) is 0 Å². The van der Waals surface area contributed by atoms with E-state index in [4.69, 9.17) is 0 Å². The molecule has 1 saturated heterocycles. The molecule has 13 heavy (non-hydrogen) atoms. The van der Waals surface area contributed by atoms with Crippen LogP contribution in [-0.2, 0) is 4.79 Å². The summed E-state index contributed by atoms with van der Waals surface area (Å²) in [4.78, 5) is 13.6. The largest absolute Gasteiger partial charge is 0.343 e. The summed E-state index contributed by atoms with van der Waals surface area (Å²) < 4.78 is 0. The van der Waals surface area contributed by atoms with Gasteiger partial charge in [-0.1, -0.05) is 28.8 Å². The molecular weight excluding hydrogens is 230 g/mol. The van der Waals surface area contributed by atoms with Gasteiger partial charge in [-0.15, -0.1) is 0 Å². The third-order valence-electron chi connectivity index (χ3n) is 2.48. The monoisotopic (exact) mass is 247 g/mol. The number of hydrogen-bond acceptors (Lipinski definition) is 1. The molecule has 0 spiro atoms. The average molecular weight is 248 g/mol. The quantitative estimate of drug-likeness (QED) is 0.703. The first-order valence-corrected chi connectivity index (χ1v) is 6.30. The van der Waals surface area contributed by atoms with Crippen molar-refractivity contribution in [2.24, 2.45) is 0 Å². The van der Waals surface area contributed by atoms with Crippen LogP contribution in [0, 0.1) is 0 Å². The van der Waals surface area contributed by atoms with Gasteiger partial charge in [-0.2, -0.15) is 0 Å². The Bertz CT molecular complexity index is 159.